The Hall–Kier alpha value is -1.21. The van der Waals surface area contributed by atoms with Gasteiger partial charge in [-0.2, -0.15) is 0 Å². The van der Waals surface area contributed by atoms with E-state index in [2.05, 4.69) is 22.3 Å². The van der Waals surface area contributed by atoms with Crippen LogP contribution in [0.5, 0.6) is 11.5 Å². The first-order chi connectivity index (χ1) is 11.8. The summed E-state index contributed by atoms with van der Waals surface area (Å²) in [6, 6.07) is 6.27. The predicted molar refractivity (Wildman–Crippen MR) is 105 cm³/mol. The van der Waals surface area contributed by atoms with Crippen molar-refractivity contribution in [1.82, 2.24) is 15.1 Å². The molecule has 1 aromatic rings. The molecule has 26 heavy (non-hydrogen) atoms. The number of amides is 1. The van der Waals surface area contributed by atoms with Crippen LogP contribution in [-0.4, -0.2) is 68.2 Å². The normalized spacial score (nSPS) is 22.3. The molecule has 3 aliphatic heterocycles. The molecule has 1 amide bonds. The van der Waals surface area contributed by atoms with Gasteiger partial charge in [-0.1, -0.05) is 6.07 Å². The zero-order valence-electron chi connectivity index (χ0n) is 14.8. The number of piperazine rings is 1. The molecule has 0 aromatic heterocycles. The van der Waals surface area contributed by atoms with E-state index in [-0.39, 0.29) is 36.8 Å². The highest BCUT2D eigenvalue weighted by molar-refractivity contribution is 5.85. The van der Waals surface area contributed by atoms with Crippen molar-refractivity contribution in [3.05, 3.63) is 23.8 Å². The van der Waals surface area contributed by atoms with Crippen LogP contribution in [0.4, 0.5) is 0 Å². The van der Waals surface area contributed by atoms with Crippen LogP contribution in [0.1, 0.15) is 24.4 Å². The second-order valence-electron chi connectivity index (χ2n) is 6.67. The van der Waals surface area contributed by atoms with Crippen molar-refractivity contribution in [3.63, 3.8) is 0 Å². The third kappa shape index (κ3) is 4.55. The Bertz CT molecular complexity index is 611. The van der Waals surface area contributed by atoms with Crippen molar-refractivity contribution in [3.8, 4) is 11.5 Å². The predicted octanol–water partition coefficient (Wildman–Crippen LogP) is 1.87. The minimum Gasteiger partial charge on any atom is -0.486 e. The van der Waals surface area contributed by atoms with Gasteiger partial charge < -0.3 is 19.7 Å². The molecule has 8 heteroatoms. The largest absolute Gasteiger partial charge is 0.486 e. The third-order valence-electron chi connectivity index (χ3n) is 5.09. The summed E-state index contributed by atoms with van der Waals surface area (Å²) in [7, 11) is 0. The molecular formula is C18H27Cl2N3O3. The minimum absolute atomic E-state index is 0. The maximum Gasteiger partial charge on any atom is 0.237 e. The summed E-state index contributed by atoms with van der Waals surface area (Å²) < 4.78 is 11.3. The first-order valence-electron chi connectivity index (χ1n) is 8.93. The van der Waals surface area contributed by atoms with E-state index in [1.54, 1.807) is 0 Å². The number of carbonyl (C=O) groups is 1. The average molecular weight is 404 g/mol. The molecule has 1 unspecified atom stereocenters. The number of hydrogen-bond donors (Lipinski definition) is 1. The van der Waals surface area contributed by atoms with E-state index in [4.69, 9.17) is 9.47 Å². The molecular weight excluding hydrogens is 377 g/mol. The Balaban J connectivity index is 0.00000121. The smallest absolute Gasteiger partial charge is 0.237 e. The van der Waals surface area contributed by atoms with Gasteiger partial charge in [0.1, 0.15) is 13.2 Å². The van der Waals surface area contributed by atoms with Crippen LogP contribution >= 0.6 is 24.8 Å². The summed E-state index contributed by atoms with van der Waals surface area (Å²) in [5.74, 6) is 1.86. The molecule has 1 N–H and O–H groups in total. The summed E-state index contributed by atoms with van der Waals surface area (Å²) in [4.78, 5) is 17.1. The lowest BCUT2D eigenvalue weighted by atomic mass is 10.0. The van der Waals surface area contributed by atoms with E-state index in [9.17, 15) is 4.79 Å². The van der Waals surface area contributed by atoms with Crippen LogP contribution in [0, 0.1) is 0 Å². The SMILES string of the molecule is Cl.Cl.O=C(CN1CCNCC1)N1CCCC1c1ccc2c(c1)OCCO2. The third-order valence-corrected chi connectivity index (χ3v) is 5.09. The Morgan fingerprint density at radius 1 is 1.08 bits per heavy atom. The lowest BCUT2D eigenvalue weighted by Crippen LogP contribution is -2.48. The monoisotopic (exact) mass is 403 g/mol. The van der Waals surface area contributed by atoms with E-state index < -0.39 is 0 Å². The van der Waals surface area contributed by atoms with Crippen LogP contribution in [0.15, 0.2) is 18.2 Å². The minimum atomic E-state index is 0. The Kier molecular flexibility index (Phi) is 7.83. The number of ether oxygens (including phenoxy) is 2. The van der Waals surface area contributed by atoms with Crippen molar-refractivity contribution in [2.75, 3.05) is 52.5 Å². The Morgan fingerprint density at radius 3 is 2.58 bits per heavy atom. The van der Waals surface area contributed by atoms with E-state index in [0.29, 0.717) is 19.8 Å². The standard InChI is InChI=1S/C18H25N3O3.2ClH/c22-18(13-20-8-5-19-6-9-20)21-7-1-2-15(21)14-3-4-16-17(12-14)24-11-10-23-16;;/h3-4,12,15,19H,1-2,5-11,13H2;2*1H. The van der Waals surface area contributed by atoms with Gasteiger partial charge in [0.15, 0.2) is 11.5 Å². The lowest BCUT2D eigenvalue weighted by Gasteiger charge is -2.31. The number of likely N-dealkylation sites (tertiary alicyclic amines) is 1. The van der Waals surface area contributed by atoms with Crippen molar-refractivity contribution in [1.29, 1.82) is 0 Å². The van der Waals surface area contributed by atoms with Gasteiger partial charge >= 0.3 is 0 Å². The summed E-state index contributed by atoms with van der Waals surface area (Å²) in [5.41, 5.74) is 1.16. The quantitative estimate of drug-likeness (QED) is 0.834. The van der Waals surface area contributed by atoms with Gasteiger partial charge in [-0.05, 0) is 30.5 Å². The molecule has 0 radical (unpaired) electrons. The molecule has 146 valence electrons. The van der Waals surface area contributed by atoms with Gasteiger partial charge in [-0.15, -0.1) is 24.8 Å². The van der Waals surface area contributed by atoms with Crippen LogP contribution in [-0.2, 0) is 4.79 Å². The fraction of sp³-hybridized carbons (Fsp3) is 0.611. The zero-order valence-corrected chi connectivity index (χ0v) is 16.4. The molecule has 0 spiro atoms. The van der Waals surface area contributed by atoms with E-state index >= 15 is 0 Å². The number of hydrogen-bond acceptors (Lipinski definition) is 5. The Morgan fingerprint density at radius 2 is 1.81 bits per heavy atom. The molecule has 4 rings (SSSR count). The van der Waals surface area contributed by atoms with E-state index in [1.807, 2.05) is 11.0 Å². The first kappa shape index (κ1) is 21.1. The molecule has 2 saturated heterocycles. The van der Waals surface area contributed by atoms with Crippen molar-refractivity contribution >= 4 is 30.7 Å². The highest BCUT2D eigenvalue weighted by Gasteiger charge is 2.31. The summed E-state index contributed by atoms with van der Waals surface area (Å²) in [6.07, 6.45) is 2.08. The van der Waals surface area contributed by atoms with Crippen LogP contribution in [0.3, 0.4) is 0 Å². The first-order valence-corrected chi connectivity index (χ1v) is 8.93. The second-order valence-corrected chi connectivity index (χ2v) is 6.67. The number of nitrogens with one attached hydrogen (secondary N) is 1. The number of nitrogens with zero attached hydrogens (tertiary/aromatic N) is 2. The van der Waals surface area contributed by atoms with Gasteiger partial charge in [0.25, 0.3) is 0 Å². The van der Waals surface area contributed by atoms with Crippen LogP contribution in [0.25, 0.3) is 0 Å². The Labute approximate surface area is 167 Å². The number of fused-ring (bicyclic) bond motifs is 1. The van der Waals surface area contributed by atoms with Crippen LogP contribution < -0.4 is 14.8 Å². The van der Waals surface area contributed by atoms with Crippen LogP contribution in [0.2, 0.25) is 0 Å². The van der Waals surface area contributed by atoms with Crippen molar-refractivity contribution in [2.45, 2.75) is 18.9 Å². The summed E-state index contributed by atoms with van der Waals surface area (Å²) in [5, 5.41) is 3.33. The van der Waals surface area contributed by atoms with Gasteiger partial charge in [-0.25, -0.2) is 0 Å². The van der Waals surface area contributed by atoms with E-state index in [1.165, 1.54) is 0 Å². The van der Waals surface area contributed by atoms with E-state index in [0.717, 1.165) is 62.6 Å². The molecule has 1 atom stereocenters. The molecule has 3 heterocycles. The van der Waals surface area contributed by atoms with Crippen molar-refractivity contribution in [2.24, 2.45) is 0 Å². The summed E-state index contributed by atoms with van der Waals surface area (Å²) in [6.45, 7) is 6.42. The fourth-order valence-electron chi connectivity index (χ4n) is 3.83. The average Bonchev–Trinajstić information content (AvgIpc) is 3.12. The van der Waals surface area contributed by atoms with Gasteiger partial charge in [-0.3, -0.25) is 9.69 Å². The molecule has 1 aromatic carbocycles. The number of benzene rings is 1. The molecule has 2 fully saturated rings. The van der Waals surface area contributed by atoms with Gasteiger partial charge in [0.05, 0.1) is 12.6 Å². The van der Waals surface area contributed by atoms with Crippen molar-refractivity contribution < 1.29 is 14.3 Å². The zero-order chi connectivity index (χ0) is 16.4. The number of halogens is 2. The lowest BCUT2D eigenvalue weighted by molar-refractivity contribution is -0.133. The number of rotatable bonds is 3. The molecule has 6 nitrogen and oxygen atoms in total. The fourth-order valence-corrected chi connectivity index (χ4v) is 3.83. The molecule has 0 aliphatic carbocycles. The summed E-state index contributed by atoms with van der Waals surface area (Å²) >= 11 is 0. The highest BCUT2D eigenvalue weighted by atomic mass is 35.5. The molecule has 3 aliphatic rings. The highest BCUT2D eigenvalue weighted by Crippen LogP contribution is 2.38. The van der Waals surface area contributed by atoms with Gasteiger partial charge in [0, 0.05) is 32.7 Å². The topological polar surface area (TPSA) is 54.0 Å². The second kappa shape index (κ2) is 9.65. The van der Waals surface area contributed by atoms with Gasteiger partial charge in [0.2, 0.25) is 5.91 Å². The molecule has 0 bridgehead atoms. The molecule has 0 saturated carbocycles. The maximum absolute atomic E-state index is 12.8. The maximum atomic E-state index is 12.8. The number of carbonyl (C=O) groups excluding carboxylic acids is 1.